The first-order valence-electron chi connectivity index (χ1n) is 10.8. The van der Waals surface area contributed by atoms with Gasteiger partial charge in [-0.3, -0.25) is 9.59 Å². The standard InChI is InChI=1S/C23H28F2N2O3/c24-19-4-5-20(25)17(14-19)3-6-22(28)27-10-1-2-18-15-26(11-7-21(18)27)23(29)16-8-12-30-13-9-16/h3-6,14,16,18,21H,1-2,7-13,15H2/t18-,21+/m1/s1. The highest BCUT2D eigenvalue weighted by atomic mass is 19.1. The molecule has 0 saturated carbocycles. The molecule has 5 nitrogen and oxygen atoms in total. The number of hydrogen-bond acceptors (Lipinski definition) is 3. The van der Waals surface area contributed by atoms with E-state index in [1.165, 1.54) is 12.2 Å². The van der Waals surface area contributed by atoms with Crippen LogP contribution < -0.4 is 0 Å². The molecule has 0 unspecified atom stereocenters. The Bertz CT molecular complexity index is 823. The van der Waals surface area contributed by atoms with Crippen LogP contribution in [0.5, 0.6) is 0 Å². The second-order valence-corrected chi connectivity index (χ2v) is 8.46. The first kappa shape index (κ1) is 21.0. The van der Waals surface area contributed by atoms with E-state index in [1.54, 1.807) is 0 Å². The van der Waals surface area contributed by atoms with Gasteiger partial charge in [-0.05, 0) is 62.3 Å². The van der Waals surface area contributed by atoms with Crippen molar-refractivity contribution < 1.29 is 23.1 Å². The predicted octanol–water partition coefficient (Wildman–Crippen LogP) is 3.24. The monoisotopic (exact) mass is 418 g/mol. The minimum Gasteiger partial charge on any atom is -0.381 e. The quantitative estimate of drug-likeness (QED) is 0.708. The predicted molar refractivity (Wildman–Crippen MR) is 108 cm³/mol. The SMILES string of the molecule is O=C(C1CCOCC1)N1CC[C@H]2[C@H](CCCN2C(=O)C=Cc2cc(F)ccc2F)C1. The first-order valence-corrected chi connectivity index (χ1v) is 10.8. The summed E-state index contributed by atoms with van der Waals surface area (Å²) < 4.78 is 32.5. The molecule has 1 aromatic carbocycles. The zero-order valence-electron chi connectivity index (χ0n) is 17.1. The normalized spacial score (nSPS) is 25.4. The molecule has 0 aromatic heterocycles. The van der Waals surface area contributed by atoms with Crippen LogP contribution in [0.2, 0.25) is 0 Å². The molecule has 162 valence electrons. The fourth-order valence-electron chi connectivity index (χ4n) is 4.98. The van der Waals surface area contributed by atoms with E-state index in [1.807, 2.05) is 9.80 Å². The third-order valence-corrected chi connectivity index (χ3v) is 6.60. The second kappa shape index (κ2) is 9.25. The van der Waals surface area contributed by atoms with Crippen molar-refractivity contribution >= 4 is 17.9 Å². The van der Waals surface area contributed by atoms with Gasteiger partial charge in [0.2, 0.25) is 11.8 Å². The van der Waals surface area contributed by atoms with E-state index in [-0.39, 0.29) is 35.3 Å². The number of nitrogens with zero attached hydrogens (tertiary/aromatic N) is 2. The number of carbonyl (C=O) groups excluding carboxylic acids is 2. The fraction of sp³-hybridized carbons (Fsp3) is 0.565. The Kier molecular flexibility index (Phi) is 6.46. The van der Waals surface area contributed by atoms with Crippen LogP contribution in [-0.4, -0.2) is 60.5 Å². The summed E-state index contributed by atoms with van der Waals surface area (Å²) in [5, 5.41) is 0. The molecule has 3 heterocycles. The fourth-order valence-corrected chi connectivity index (χ4v) is 4.98. The molecule has 0 radical (unpaired) electrons. The first-order chi connectivity index (χ1) is 14.5. The lowest BCUT2D eigenvalue weighted by Gasteiger charge is -2.47. The number of benzene rings is 1. The largest absolute Gasteiger partial charge is 0.381 e. The highest BCUT2D eigenvalue weighted by Crippen LogP contribution is 2.32. The molecule has 4 rings (SSSR count). The summed E-state index contributed by atoms with van der Waals surface area (Å²) in [4.78, 5) is 29.5. The van der Waals surface area contributed by atoms with Crippen LogP contribution in [0.4, 0.5) is 8.78 Å². The Morgan fingerprint density at radius 2 is 1.87 bits per heavy atom. The Balaban J connectivity index is 1.39. The van der Waals surface area contributed by atoms with E-state index in [0.717, 1.165) is 50.3 Å². The summed E-state index contributed by atoms with van der Waals surface area (Å²) in [5.74, 6) is -0.737. The van der Waals surface area contributed by atoms with Crippen LogP contribution in [0.3, 0.4) is 0 Å². The van der Waals surface area contributed by atoms with Crippen LogP contribution >= 0.6 is 0 Å². The number of carbonyl (C=O) groups is 2. The summed E-state index contributed by atoms with van der Waals surface area (Å²) in [6, 6.07) is 3.28. The molecule has 3 aliphatic rings. The highest BCUT2D eigenvalue weighted by Gasteiger charge is 2.40. The summed E-state index contributed by atoms with van der Waals surface area (Å²) in [7, 11) is 0. The van der Waals surface area contributed by atoms with Crippen molar-refractivity contribution in [2.75, 3.05) is 32.8 Å². The number of piperidine rings is 2. The molecule has 2 amide bonds. The van der Waals surface area contributed by atoms with Gasteiger partial charge < -0.3 is 14.5 Å². The van der Waals surface area contributed by atoms with Crippen LogP contribution in [-0.2, 0) is 14.3 Å². The zero-order valence-corrected chi connectivity index (χ0v) is 17.1. The van der Waals surface area contributed by atoms with Crippen LogP contribution in [0.25, 0.3) is 6.08 Å². The van der Waals surface area contributed by atoms with E-state index in [0.29, 0.717) is 32.8 Å². The maximum atomic E-state index is 13.8. The number of rotatable bonds is 3. The van der Waals surface area contributed by atoms with Crippen LogP contribution in [0.15, 0.2) is 24.3 Å². The molecular weight excluding hydrogens is 390 g/mol. The molecule has 0 spiro atoms. The Labute approximate surface area is 175 Å². The minimum atomic E-state index is -0.558. The number of fused-ring (bicyclic) bond motifs is 1. The summed E-state index contributed by atoms with van der Waals surface area (Å²) in [5.41, 5.74) is 0.0637. The lowest BCUT2D eigenvalue weighted by atomic mass is 9.83. The van der Waals surface area contributed by atoms with Crippen molar-refractivity contribution in [3.05, 3.63) is 41.5 Å². The van der Waals surface area contributed by atoms with Crippen molar-refractivity contribution in [2.45, 2.75) is 38.1 Å². The number of likely N-dealkylation sites (tertiary alicyclic amines) is 2. The lowest BCUT2D eigenvalue weighted by Crippen LogP contribution is -2.57. The van der Waals surface area contributed by atoms with E-state index < -0.39 is 11.6 Å². The third-order valence-electron chi connectivity index (χ3n) is 6.60. The topological polar surface area (TPSA) is 49.9 Å². The maximum Gasteiger partial charge on any atom is 0.246 e. The summed E-state index contributed by atoms with van der Waals surface area (Å²) in [6.07, 6.45) is 6.88. The molecule has 30 heavy (non-hydrogen) atoms. The molecular formula is C23H28F2N2O3. The number of hydrogen-bond donors (Lipinski definition) is 0. The Hall–Kier alpha value is -2.28. The molecule has 1 aromatic rings. The molecule has 2 atom stereocenters. The third kappa shape index (κ3) is 4.56. The van der Waals surface area contributed by atoms with Crippen molar-refractivity contribution in [2.24, 2.45) is 11.8 Å². The average molecular weight is 418 g/mol. The second-order valence-electron chi connectivity index (χ2n) is 8.46. The van der Waals surface area contributed by atoms with Gasteiger partial charge in [-0.2, -0.15) is 0 Å². The molecule has 3 fully saturated rings. The van der Waals surface area contributed by atoms with Crippen molar-refractivity contribution in [1.82, 2.24) is 9.80 Å². The van der Waals surface area contributed by atoms with Crippen LogP contribution in [0, 0.1) is 23.5 Å². The molecule has 0 aliphatic carbocycles. The van der Waals surface area contributed by atoms with Gasteiger partial charge in [0.25, 0.3) is 0 Å². The van der Waals surface area contributed by atoms with E-state index in [9.17, 15) is 18.4 Å². The summed E-state index contributed by atoms with van der Waals surface area (Å²) >= 11 is 0. The van der Waals surface area contributed by atoms with Crippen molar-refractivity contribution in [1.29, 1.82) is 0 Å². The highest BCUT2D eigenvalue weighted by molar-refractivity contribution is 5.92. The molecule has 7 heteroatoms. The lowest BCUT2D eigenvalue weighted by molar-refractivity contribution is -0.144. The van der Waals surface area contributed by atoms with Gasteiger partial charge in [-0.25, -0.2) is 8.78 Å². The van der Waals surface area contributed by atoms with Crippen molar-refractivity contribution in [3.8, 4) is 0 Å². The van der Waals surface area contributed by atoms with Gasteiger partial charge in [0, 0.05) is 56.4 Å². The molecule has 3 aliphatic heterocycles. The smallest absolute Gasteiger partial charge is 0.246 e. The van der Waals surface area contributed by atoms with Crippen LogP contribution in [0.1, 0.15) is 37.7 Å². The number of halogens is 2. The molecule has 0 N–H and O–H groups in total. The Morgan fingerprint density at radius 3 is 2.67 bits per heavy atom. The minimum absolute atomic E-state index is 0.0562. The Morgan fingerprint density at radius 1 is 1.07 bits per heavy atom. The molecule has 0 bridgehead atoms. The van der Waals surface area contributed by atoms with Crippen molar-refractivity contribution in [3.63, 3.8) is 0 Å². The van der Waals surface area contributed by atoms with E-state index >= 15 is 0 Å². The van der Waals surface area contributed by atoms with E-state index in [2.05, 4.69) is 0 Å². The maximum absolute atomic E-state index is 13.8. The van der Waals surface area contributed by atoms with Gasteiger partial charge in [0.15, 0.2) is 0 Å². The van der Waals surface area contributed by atoms with Gasteiger partial charge in [0.1, 0.15) is 11.6 Å². The number of amides is 2. The van der Waals surface area contributed by atoms with Gasteiger partial charge >= 0.3 is 0 Å². The average Bonchev–Trinajstić information content (AvgIpc) is 2.78. The summed E-state index contributed by atoms with van der Waals surface area (Å²) in [6.45, 7) is 3.30. The molecule has 3 saturated heterocycles. The van der Waals surface area contributed by atoms with Gasteiger partial charge in [-0.15, -0.1) is 0 Å². The zero-order chi connectivity index (χ0) is 21.1. The van der Waals surface area contributed by atoms with Gasteiger partial charge in [-0.1, -0.05) is 0 Å². The van der Waals surface area contributed by atoms with E-state index in [4.69, 9.17) is 4.74 Å². The number of ether oxygens (including phenoxy) is 1. The van der Waals surface area contributed by atoms with Gasteiger partial charge in [0.05, 0.1) is 0 Å².